The Balaban J connectivity index is 1.49. The molecule has 2 heterocycles. The largest absolute Gasteiger partial charge is 0.292 e. The summed E-state index contributed by atoms with van der Waals surface area (Å²) in [5.41, 5.74) is 4.22. The smallest absolute Gasteiger partial charge is 0.146 e. The van der Waals surface area contributed by atoms with Gasteiger partial charge in [-0.25, -0.2) is 4.98 Å². The Morgan fingerprint density at radius 2 is 1.15 bits per heavy atom. The highest BCUT2D eigenvalue weighted by molar-refractivity contribution is 8.25. The molecule has 8 aromatic rings. The summed E-state index contributed by atoms with van der Waals surface area (Å²) in [7, 11) is 0. The quantitative estimate of drug-likeness (QED) is 0.171. The maximum absolute atomic E-state index is 6.63. The van der Waals surface area contributed by atoms with Gasteiger partial charge in [-0.15, -0.1) is 0 Å². The van der Waals surface area contributed by atoms with Gasteiger partial charge in [0.15, 0.2) is 0 Å². The van der Waals surface area contributed by atoms with Crippen molar-refractivity contribution in [3.05, 3.63) is 140 Å². The second kappa shape index (κ2) is 8.61. The van der Waals surface area contributed by atoms with Crippen molar-refractivity contribution in [2.75, 3.05) is 0 Å². The third-order valence-electron chi connectivity index (χ3n) is 7.83. The molecule has 0 aliphatic rings. The first-order valence-electron chi connectivity index (χ1n) is 13.1. The summed E-state index contributed by atoms with van der Waals surface area (Å²) in [5.74, 6) is 0. The Morgan fingerprint density at radius 3 is 1.90 bits per heavy atom. The van der Waals surface area contributed by atoms with Crippen LogP contribution in [0.4, 0.5) is 0 Å². The molecule has 0 aliphatic heterocycles. The van der Waals surface area contributed by atoms with E-state index in [0.29, 0.717) is 0 Å². The molecule has 4 heteroatoms. The van der Waals surface area contributed by atoms with E-state index in [1.807, 2.05) is 0 Å². The lowest BCUT2D eigenvalue weighted by atomic mass is 9.99. The Labute approximate surface area is 231 Å². The normalized spacial score (nSPS) is 12.2. The van der Waals surface area contributed by atoms with Gasteiger partial charge >= 0.3 is 0 Å². The minimum atomic E-state index is -2.27. The monoisotopic (exact) mass is 534 g/mol. The minimum absolute atomic E-state index is 0.972. The van der Waals surface area contributed by atoms with Crippen LogP contribution in [-0.2, 0) is 11.8 Å². The molecule has 0 N–H and O–H groups in total. The number of hydrogen-bond donors (Lipinski definition) is 0. The Kier molecular flexibility index (Phi) is 5.00. The first kappa shape index (κ1) is 22.7. The summed E-state index contributed by atoms with van der Waals surface area (Å²) in [6.07, 6.45) is 0. The van der Waals surface area contributed by atoms with E-state index >= 15 is 0 Å². The van der Waals surface area contributed by atoms with E-state index in [0.717, 1.165) is 32.9 Å². The van der Waals surface area contributed by atoms with E-state index in [2.05, 4.69) is 144 Å². The molecule has 0 aliphatic carbocycles. The van der Waals surface area contributed by atoms with Crippen molar-refractivity contribution in [3.63, 3.8) is 0 Å². The molecule has 8 rings (SSSR count). The number of hydrogen-bond acceptors (Lipinski definition) is 2. The number of benzene rings is 6. The van der Waals surface area contributed by atoms with Crippen LogP contribution in [-0.4, -0.2) is 9.38 Å². The molecular weight excluding hydrogens is 511 g/mol. The fourth-order valence-corrected chi connectivity index (χ4v) is 9.78. The number of para-hydroxylation sites is 1. The van der Waals surface area contributed by atoms with Crippen LogP contribution in [0, 0.1) is 0 Å². The first-order valence-corrected chi connectivity index (χ1v) is 15.9. The molecule has 0 saturated carbocycles. The van der Waals surface area contributed by atoms with E-state index < -0.39 is 6.04 Å². The molecule has 0 unspecified atom stereocenters. The van der Waals surface area contributed by atoms with Gasteiger partial charge < -0.3 is 0 Å². The maximum Gasteiger partial charge on any atom is 0.146 e. The van der Waals surface area contributed by atoms with Crippen LogP contribution in [0.2, 0.25) is 0 Å². The Morgan fingerprint density at radius 1 is 0.513 bits per heavy atom. The Hall–Kier alpha value is -4.30. The van der Waals surface area contributed by atoms with E-state index in [4.69, 9.17) is 16.8 Å². The summed E-state index contributed by atoms with van der Waals surface area (Å²) in [4.78, 5) is 5.30. The van der Waals surface area contributed by atoms with Crippen molar-refractivity contribution < 1.29 is 0 Å². The molecule has 0 saturated heterocycles. The molecule has 2 aromatic heterocycles. The topological polar surface area (TPSA) is 17.3 Å². The van der Waals surface area contributed by atoms with Gasteiger partial charge in [0.25, 0.3) is 0 Å². The van der Waals surface area contributed by atoms with Crippen molar-refractivity contribution in [3.8, 4) is 0 Å². The second-order valence-corrected chi connectivity index (χ2v) is 14.4. The van der Waals surface area contributed by atoms with Crippen LogP contribution in [0.3, 0.4) is 0 Å². The summed E-state index contributed by atoms with van der Waals surface area (Å²) in [5, 5.41) is 9.69. The van der Waals surface area contributed by atoms with Gasteiger partial charge in [-0.2, -0.15) is 0 Å². The lowest BCUT2D eigenvalue weighted by Crippen LogP contribution is -2.24. The number of fused-ring (bicyclic) bond motifs is 10. The van der Waals surface area contributed by atoms with Gasteiger partial charge in [-0.3, -0.25) is 4.40 Å². The first-order chi connectivity index (χ1) is 19.2. The van der Waals surface area contributed by atoms with Gasteiger partial charge in [-0.1, -0.05) is 127 Å². The lowest BCUT2D eigenvalue weighted by molar-refractivity contribution is 1.32. The van der Waals surface area contributed by atoms with Crippen molar-refractivity contribution >= 4 is 82.9 Å². The van der Waals surface area contributed by atoms with Crippen molar-refractivity contribution in [1.29, 1.82) is 0 Å². The summed E-state index contributed by atoms with van der Waals surface area (Å²) >= 11 is 6.63. The molecule has 39 heavy (non-hydrogen) atoms. The molecular formula is C35H23N2PS. The number of pyridine rings is 1. The molecule has 0 spiro atoms. The van der Waals surface area contributed by atoms with E-state index in [1.165, 1.54) is 32.2 Å². The zero-order valence-electron chi connectivity index (χ0n) is 21.0. The fraction of sp³-hybridized carbons (Fsp3) is 0. The van der Waals surface area contributed by atoms with Gasteiger partial charge in [0.05, 0.1) is 16.6 Å². The lowest BCUT2D eigenvalue weighted by Gasteiger charge is -2.24. The third-order valence-corrected chi connectivity index (χ3v) is 12.8. The highest BCUT2D eigenvalue weighted by Gasteiger charge is 2.26. The van der Waals surface area contributed by atoms with Crippen molar-refractivity contribution in [2.24, 2.45) is 0 Å². The zero-order chi connectivity index (χ0) is 26.0. The molecule has 0 radical (unpaired) electrons. The average molecular weight is 535 g/mol. The molecule has 6 aromatic carbocycles. The average Bonchev–Trinajstić information content (AvgIpc) is 3.40. The van der Waals surface area contributed by atoms with Crippen LogP contribution < -0.4 is 15.9 Å². The van der Waals surface area contributed by atoms with Crippen LogP contribution in [0.5, 0.6) is 0 Å². The standard InChI is InChI=1S/C35H23N2PS/c39-38(25-12-3-1-4-13-25,26-14-5-2-6-15-26)27-20-22-33-31(23-27)36-35-30-21-19-24-11-7-8-16-28(24)34(30)29-17-9-10-18-32(29)37(33)35/h1-23H. The molecule has 0 bridgehead atoms. The van der Waals surface area contributed by atoms with Gasteiger partial charge in [0, 0.05) is 22.2 Å². The van der Waals surface area contributed by atoms with Gasteiger partial charge in [0.1, 0.15) is 5.65 Å². The highest BCUT2D eigenvalue weighted by atomic mass is 32.4. The summed E-state index contributed by atoms with van der Waals surface area (Å²) < 4.78 is 2.32. The molecule has 0 atom stereocenters. The summed E-state index contributed by atoms with van der Waals surface area (Å²) in [6, 6.07) is 47.3. The van der Waals surface area contributed by atoms with Crippen LogP contribution in [0.15, 0.2) is 140 Å². The molecule has 2 nitrogen and oxygen atoms in total. The van der Waals surface area contributed by atoms with Crippen LogP contribution in [0.25, 0.3) is 49.1 Å². The number of aromatic nitrogens is 2. The molecule has 0 fully saturated rings. The molecule has 184 valence electrons. The maximum atomic E-state index is 6.63. The van der Waals surface area contributed by atoms with Gasteiger partial charge in [0.2, 0.25) is 0 Å². The minimum Gasteiger partial charge on any atom is -0.292 e. The number of nitrogens with zero attached hydrogens (tertiary/aromatic N) is 2. The van der Waals surface area contributed by atoms with Crippen molar-refractivity contribution in [1.82, 2.24) is 9.38 Å². The number of imidazole rings is 1. The zero-order valence-corrected chi connectivity index (χ0v) is 22.7. The predicted molar refractivity (Wildman–Crippen MR) is 171 cm³/mol. The summed E-state index contributed by atoms with van der Waals surface area (Å²) in [6.45, 7) is 0. The third kappa shape index (κ3) is 3.27. The van der Waals surface area contributed by atoms with E-state index in [-0.39, 0.29) is 0 Å². The second-order valence-electron chi connectivity index (χ2n) is 9.95. The SMILES string of the molecule is S=P(c1ccccc1)(c1ccccc1)c1ccc2c(c1)nc1c3ccc4ccccc4c3c3ccccc3n21. The van der Waals surface area contributed by atoms with E-state index in [1.54, 1.807) is 0 Å². The highest BCUT2D eigenvalue weighted by Crippen LogP contribution is 2.44. The van der Waals surface area contributed by atoms with Gasteiger partial charge in [-0.05, 0) is 51.0 Å². The van der Waals surface area contributed by atoms with E-state index in [9.17, 15) is 0 Å². The van der Waals surface area contributed by atoms with Crippen LogP contribution >= 0.6 is 6.04 Å². The fourth-order valence-electron chi connectivity index (χ4n) is 6.04. The predicted octanol–water partition coefficient (Wildman–Crippen LogP) is 7.70. The van der Waals surface area contributed by atoms with Crippen LogP contribution in [0.1, 0.15) is 0 Å². The number of rotatable bonds is 3. The Bertz CT molecular complexity index is 2210. The molecule has 0 amide bonds. The van der Waals surface area contributed by atoms with Crippen molar-refractivity contribution in [2.45, 2.75) is 0 Å².